The molecule has 1 saturated heterocycles. The Bertz CT molecular complexity index is 401. The van der Waals surface area contributed by atoms with Gasteiger partial charge in [0.25, 0.3) is 0 Å². The third-order valence-electron chi connectivity index (χ3n) is 3.37. The van der Waals surface area contributed by atoms with E-state index in [-0.39, 0.29) is 5.82 Å². The first kappa shape index (κ1) is 14.4. The molecular weight excluding hydrogens is 261 g/mol. The molecular formula is C15H20FNOS. The molecule has 0 bridgehead atoms. The Hall–Kier alpha value is -1.03. The zero-order valence-corrected chi connectivity index (χ0v) is 11.9. The molecule has 104 valence electrons. The molecule has 0 aliphatic carbocycles. The maximum absolute atomic E-state index is 12.7. The summed E-state index contributed by atoms with van der Waals surface area (Å²) in [5.41, 5.74) is 1.17. The van der Waals surface area contributed by atoms with Gasteiger partial charge in [-0.15, -0.1) is 11.8 Å². The normalized spacial score (nSPS) is 14.9. The minimum Gasteiger partial charge on any atom is -0.333 e. The van der Waals surface area contributed by atoms with E-state index in [0.29, 0.717) is 12.3 Å². The topological polar surface area (TPSA) is 20.3 Å². The highest BCUT2D eigenvalue weighted by molar-refractivity contribution is 7.99. The molecule has 1 aliphatic heterocycles. The lowest BCUT2D eigenvalue weighted by Gasteiger charge is -2.13. The number of hydrogen-bond donors (Lipinski definition) is 0. The standard InChI is InChI=1S/C15H20FNOS/c16-14-8-6-13(7-9-14)4-2-1-3-5-15(18)17-10-11-19-12-17/h6-9H,1-5,10-12H2. The fourth-order valence-electron chi connectivity index (χ4n) is 2.20. The molecule has 19 heavy (non-hydrogen) atoms. The summed E-state index contributed by atoms with van der Waals surface area (Å²) in [6.07, 6.45) is 4.72. The van der Waals surface area contributed by atoms with E-state index in [0.717, 1.165) is 43.9 Å². The molecule has 1 aromatic rings. The predicted molar refractivity (Wildman–Crippen MR) is 77.6 cm³/mol. The van der Waals surface area contributed by atoms with Crippen LogP contribution in [-0.4, -0.2) is 29.0 Å². The van der Waals surface area contributed by atoms with E-state index in [2.05, 4.69) is 0 Å². The third kappa shape index (κ3) is 4.86. The maximum atomic E-state index is 12.7. The predicted octanol–water partition coefficient (Wildman–Crippen LogP) is 3.46. The zero-order valence-electron chi connectivity index (χ0n) is 11.1. The van der Waals surface area contributed by atoms with Gasteiger partial charge in [-0.05, 0) is 37.0 Å². The molecule has 4 heteroatoms. The number of benzene rings is 1. The summed E-state index contributed by atoms with van der Waals surface area (Å²) in [7, 11) is 0. The number of carbonyl (C=O) groups excluding carboxylic acids is 1. The highest BCUT2D eigenvalue weighted by atomic mass is 32.2. The number of nitrogens with zero attached hydrogens (tertiary/aromatic N) is 1. The van der Waals surface area contributed by atoms with Crippen LogP contribution in [-0.2, 0) is 11.2 Å². The first-order chi connectivity index (χ1) is 9.25. The van der Waals surface area contributed by atoms with Crippen molar-refractivity contribution in [1.29, 1.82) is 0 Å². The summed E-state index contributed by atoms with van der Waals surface area (Å²) in [6, 6.07) is 6.68. The molecule has 0 aromatic heterocycles. The first-order valence-electron chi connectivity index (χ1n) is 6.85. The monoisotopic (exact) mass is 281 g/mol. The molecule has 2 rings (SSSR count). The molecule has 1 aromatic carbocycles. The van der Waals surface area contributed by atoms with Gasteiger partial charge in [0, 0.05) is 18.7 Å². The van der Waals surface area contributed by atoms with Crippen LogP contribution in [0.15, 0.2) is 24.3 Å². The quantitative estimate of drug-likeness (QED) is 0.744. The minimum atomic E-state index is -0.183. The molecule has 0 saturated carbocycles. The van der Waals surface area contributed by atoms with Crippen molar-refractivity contribution in [2.75, 3.05) is 18.2 Å². The number of thioether (sulfide) groups is 1. The average Bonchev–Trinajstić information content (AvgIpc) is 2.94. The van der Waals surface area contributed by atoms with Crippen molar-refractivity contribution >= 4 is 17.7 Å². The molecule has 0 atom stereocenters. The van der Waals surface area contributed by atoms with Gasteiger partial charge in [-0.1, -0.05) is 18.6 Å². The van der Waals surface area contributed by atoms with Crippen molar-refractivity contribution in [3.63, 3.8) is 0 Å². The van der Waals surface area contributed by atoms with Gasteiger partial charge in [-0.3, -0.25) is 4.79 Å². The van der Waals surface area contributed by atoms with E-state index in [1.165, 1.54) is 17.7 Å². The van der Waals surface area contributed by atoms with Crippen LogP contribution in [0.5, 0.6) is 0 Å². The smallest absolute Gasteiger partial charge is 0.223 e. The molecule has 1 fully saturated rings. The molecule has 0 N–H and O–H groups in total. The Morgan fingerprint density at radius 1 is 1.21 bits per heavy atom. The van der Waals surface area contributed by atoms with E-state index in [9.17, 15) is 9.18 Å². The van der Waals surface area contributed by atoms with Crippen LogP contribution < -0.4 is 0 Å². The van der Waals surface area contributed by atoms with E-state index < -0.39 is 0 Å². The second-order valence-electron chi connectivity index (χ2n) is 4.88. The highest BCUT2D eigenvalue weighted by Crippen LogP contribution is 2.16. The van der Waals surface area contributed by atoms with Crippen molar-refractivity contribution in [2.45, 2.75) is 32.1 Å². The van der Waals surface area contributed by atoms with Crippen molar-refractivity contribution in [3.05, 3.63) is 35.6 Å². The van der Waals surface area contributed by atoms with E-state index in [1.54, 1.807) is 0 Å². The van der Waals surface area contributed by atoms with Crippen molar-refractivity contribution < 1.29 is 9.18 Å². The van der Waals surface area contributed by atoms with Gasteiger partial charge in [0.2, 0.25) is 5.91 Å². The van der Waals surface area contributed by atoms with Crippen molar-refractivity contribution in [2.24, 2.45) is 0 Å². The molecule has 1 heterocycles. The lowest BCUT2D eigenvalue weighted by molar-refractivity contribution is -0.129. The first-order valence-corrected chi connectivity index (χ1v) is 8.01. The molecule has 0 unspecified atom stereocenters. The maximum Gasteiger partial charge on any atom is 0.223 e. The Balaban J connectivity index is 1.56. The van der Waals surface area contributed by atoms with Crippen LogP contribution in [0.2, 0.25) is 0 Å². The fourth-order valence-corrected chi connectivity index (χ4v) is 3.17. The van der Waals surface area contributed by atoms with Crippen LogP contribution in [0.3, 0.4) is 0 Å². The van der Waals surface area contributed by atoms with Crippen LogP contribution in [0.1, 0.15) is 31.2 Å². The highest BCUT2D eigenvalue weighted by Gasteiger charge is 2.17. The number of unbranched alkanes of at least 4 members (excludes halogenated alkanes) is 2. The Morgan fingerprint density at radius 2 is 2.00 bits per heavy atom. The van der Waals surface area contributed by atoms with Gasteiger partial charge >= 0.3 is 0 Å². The molecule has 2 nitrogen and oxygen atoms in total. The zero-order chi connectivity index (χ0) is 13.5. The summed E-state index contributed by atoms with van der Waals surface area (Å²) in [5.74, 6) is 2.06. The summed E-state index contributed by atoms with van der Waals surface area (Å²) in [4.78, 5) is 13.7. The third-order valence-corrected chi connectivity index (χ3v) is 4.34. The van der Waals surface area contributed by atoms with Crippen LogP contribution in [0.4, 0.5) is 4.39 Å². The lowest BCUT2D eigenvalue weighted by Crippen LogP contribution is -2.27. The van der Waals surface area contributed by atoms with Gasteiger partial charge in [0.15, 0.2) is 0 Å². The average molecular weight is 281 g/mol. The second-order valence-corrected chi connectivity index (χ2v) is 5.96. The van der Waals surface area contributed by atoms with Gasteiger partial charge < -0.3 is 4.90 Å². The van der Waals surface area contributed by atoms with E-state index in [4.69, 9.17) is 0 Å². The Kier molecular flexibility index (Phi) is 5.70. The molecule has 0 radical (unpaired) electrons. The molecule has 1 amide bonds. The summed E-state index contributed by atoms with van der Waals surface area (Å²) >= 11 is 1.83. The van der Waals surface area contributed by atoms with Crippen molar-refractivity contribution in [1.82, 2.24) is 4.90 Å². The van der Waals surface area contributed by atoms with Gasteiger partial charge in [-0.25, -0.2) is 4.39 Å². The fraction of sp³-hybridized carbons (Fsp3) is 0.533. The largest absolute Gasteiger partial charge is 0.333 e. The minimum absolute atomic E-state index is 0.183. The van der Waals surface area contributed by atoms with Crippen LogP contribution >= 0.6 is 11.8 Å². The number of carbonyl (C=O) groups is 1. The molecule has 1 aliphatic rings. The second kappa shape index (κ2) is 7.53. The number of amides is 1. The number of aryl methyl sites for hydroxylation is 1. The van der Waals surface area contributed by atoms with Gasteiger partial charge in [0.05, 0.1) is 5.88 Å². The number of halogens is 1. The van der Waals surface area contributed by atoms with Crippen LogP contribution in [0.25, 0.3) is 0 Å². The van der Waals surface area contributed by atoms with E-state index >= 15 is 0 Å². The molecule has 0 spiro atoms. The Labute approximate surface area is 118 Å². The summed E-state index contributed by atoms with van der Waals surface area (Å²) in [5, 5.41) is 0. The SMILES string of the molecule is O=C(CCCCCc1ccc(F)cc1)N1CCSC1. The number of rotatable bonds is 6. The van der Waals surface area contributed by atoms with Gasteiger partial charge in [-0.2, -0.15) is 0 Å². The van der Waals surface area contributed by atoms with Gasteiger partial charge in [0.1, 0.15) is 5.82 Å². The Morgan fingerprint density at radius 3 is 2.68 bits per heavy atom. The summed E-state index contributed by atoms with van der Waals surface area (Å²) in [6.45, 7) is 0.916. The van der Waals surface area contributed by atoms with Crippen LogP contribution in [0, 0.1) is 5.82 Å². The summed E-state index contributed by atoms with van der Waals surface area (Å²) < 4.78 is 12.7. The lowest BCUT2D eigenvalue weighted by atomic mass is 10.1. The number of hydrogen-bond acceptors (Lipinski definition) is 2. The van der Waals surface area contributed by atoms with Crippen molar-refractivity contribution in [3.8, 4) is 0 Å². The van der Waals surface area contributed by atoms with E-state index in [1.807, 2.05) is 28.8 Å².